The van der Waals surface area contributed by atoms with E-state index >= 15 is 0 Å². The fourth-order valence-electron chi connectivity index (χ4n) is 2.01. The zero-order valence-electron chi connectivity index (χ0n) is 13.4. The first-order valence-electron chi connectivity index (χ1n) is 7.51. The van der Waals surface area contributed by atoms with Crippen LogP contribution < -0.4 is 10.6 Å². The predicted octanol–water partition coefficient (Wildman–Crippen LogP) is 3.13. The smallest absolute Gasteiger partial charge is 0.257 e. The number of anilines is 2. The van der Waals surface area contributed by atoms with Crippen LogP contribution in [0.15, 0.2) is 35.7 Å². The minimum Gasteiger partial charge on any atom is -0.301 e. The third-order valence-corrected chi connectivity index (χ3v) is 4.75. The Bertz CT molecular complexity index is 876. The van der Waals surface area contributed by atoms with Gasteiger partial charge in [-0.05, 0) is 25.5 Å². The molecule has 0 unspecified atom stereocenters. The van der Waals surface area contributed by atoms with Gasteiger partial charge in [-0.15, -0.1) is 21.5 Å². The number of aryl methyl sites for hydroxylation is 2. The van der Waals surface area contributed by atoms with Gasteiger partial charge in [0.05, 0.1) is 5.69 Å². The van der Waals surface area contributed by atoms with Crippen LogP contribution in [-0.4, -0.2) is 27.0 Å². The topological polar surface area (TPSA) is 96.9 Å². The monoisotopic (exact) mass is 373 g/mol. The second kappa shape index (κ2) is 7.95. The maximum Gasteiger partial charge on any atom is 0.257 e. The molecular weight excluding hydrogens is 358 g/mol. The number of hydrogen-bond acceptors (Lipinski definition) is 7. The van der Waals surface area contributed by atoms with E-state index in [2.05, 4.69) is 25.8 Å². The van der Waals surface area contributed by atoms with Crippen LogP contribution in [-0.2, 0) is 11.2 Å². The lowest BCUT2D eigenvalue weighted by molar-refractivity contribution is -0.116. The highest BCUT2D eigenvalue weighted by atomic mass is 32.1. The van der Waals surface area contributed by atoms with Gasteiger partial charge in [0, 0.05) is 17.4 Å². The van der Waals surface area contributed by atoms with Crippen molar-refractivity contribution < 1.29 is 9.59 Å². The molecule has 2 amide bonds. The number of thiazole rings is 1. The molecule has 2 N–H and O–H groups in total. The zero-order valence-corrected chi connectivity index (χ0v) is 15.0. The highest BCUT2D eigenvalue weighted by Crippen LogP contribution is 2.18. The van der Waals surface area contributed by atoms with Crippen LogP contribution in [0.2, 0.25) is 0 Å². The van der Waals surface area contributed by atoms with Crippen molar-refractivity contribution in [3.05, 3.63) is 52.0 Å². The Hall–Kier alpha value is -2.65. The van der Waals surface area contributed by atoms with Crippen LogP contribution in [0.5, 0.6) is 0 Å². The van der Waals surface area contributed by atoms with E-state index in [4.69, 9.17) is 0 Å². The summed E-state index contributed by atoms with van der Waals surface area (Å²) in [7, 11) is 0. The third-order valence-electron chi connectivity index (χ3n) is 3.19. The van der Waals surface area contributed by atoms with Crippen molar-refractivity contribution in [1.29, 1.82) is 0 Å². The summed E-state index contributed by atoms with van der Waals surface area (Å²) in [4.78, 5) is 28.3. The van der Waals surface area contributed by atoms with Crippen LogP contribution in [0.3, 0.4) is 0 Å². The number of hydrogen-bond donors (Lipinski definition) is 2. The van der Waals surface area contributed by atoms with Crippen LogP contribution >= 0.6 is 22.7 Å². The van der Waals surface area contributed by atoms with Crippen molar-refractivity contribution in [2.75, 3.05) is 10.6 Å². The molecule has 2 aromatic heterocycles. The quantitative estimate of drug-likeness (QED) is 0.692. The molecule has 128 valence electrons. The van der Waals surface area contributed by atoms with E-state index in [1.165, 1.54) is 22.7 Å². The van der Waals surface area contributed by atoms with E-state index in [1.807, 2.05) is 18.4 Å². The molecule has 0 radical (unpaired) electrons. The molecule has 0 fully saturated rings. The summed E-state index contributed by atoms with van der Waals surface area (Å²) >= 11 is 2.67. The number of rotatable bonds is 6. The summed E-state index contributed by atoms with van der Waals surface area (Å²) in [5.74, 6) is -0.343. The standard InChI is InChI=1S/C16H15N5O2S2/c1-10-20-21-16(25-10)18-13(22)8-7-12-9-24-15(17-12)19-14(23)11-5-3-2-4-6-11/h2-6,9H,7-8H2,1H3,(H,17,19,23)(H,18,21,22). The molecule has 0 atom stereocenters. The molecule has 0 spiro atoms. The Labute approximate surface area is 152 Å². The molecule has 0 saturated heterocycles. The van der Waals surface area contributed by atoms with Gasteiger partial charge in [0.2, 0.25) is 11.0 Å². The third kappa shape index (κ3) is 4.91. The average Bonchev–Trinajstić information content (AvgIpc) is 3.22. The van der Waals surface area contributed by atoms with Crippen LogP contribution in [0.25, 0.3) is 0 Å². The van der Waals surface area contributed by atoms with E-state index in [-0.39, 0.29) is 18.2 Å². The van der Waals surface area contributed by atoms with E-state index in [0.29, 0.717) is 22.2 Å². The number of nitrogens with zero attached hydrogens (tertiary/aromatic N) is 3. The van der Waals surface area contributed by atoms with Crippen molar-refractivity contribution in [3.63, 3.8) is 0 Å². The summed E-state index contributed by atoms with van der Waals surface area (Å²) in [5.41, 5.74) is 1.34. The fraction of sp³-hybridized carbons (Fsp3) is 0.188. The summed E-state index contributed by atoms with van der Waals surface area (Å²) in [6.07, 6.45) is 0.774. The van der Waals surface area contributed by atoms with Gasteiger partial charge in [0.25, 0.3) is 5.91 Å². The second-order valence-electron chi connectivity index (χ2n) is 5.14. The van der Waals surface area contributed by atoms with Gasteiger partial charge < -0.3 is 5.32 Å². The Balaban J connectivity index is 1.50. The largest absolute Gasteiger partial charge is 0.301 e. The summed E-state index contributed by atoms with van der Waals surface area (Å²) in [5, 5.41) is 16.8. The fourth-order valence-corrected chi connectivity index (χ4v) is 3.36. The van der Waals surface area contributed by atoms with Gasteiger partial charge in [-0.2, -0.15) is 0 Å². The van der Waals surface area contributed by atoms with E-state index in [0.717, 1.165) is 10.7 Å². The Kier molecular flexibility index (Phi) is 5.46. The van der Waals surface area contributed by atoms with Crippen molar-refractivity contribution in [2.24, 2.45) is 0 Å². The lowest BCUT2D eigenvalue weighted by atomic mass is 10.2. The first-order chi connectivity index (χ1) is 12.1. The second-order valence-corrected chi connectivity index (χ2v) is 7.18. The van der Waals surface area contributed by atoms with Crippen molar-refractivity contribution in [3.8, 4) is 0 Å². The van der Waals surface area contributed by atoms with Gasteiger partial charge in [0.1, 0.15) is 5.01 Å². The van der Waals surface area contributed by atoms with Gasteiger partial charge in [-0.1, -0.05) is 29.5 Å². The Morgan fingerprint density at radius 1 is 1.08 bits per heavy atom. The lowest BCUT2D eigenvalue weighted by Crippen LogP contribution is -2.13. The molecule has 9 heteroatoms. The molecule has 2 heterocycles. The summed E-state index contributed by atoms with van der Waals surface area (Å²) in [6.45, 7) is 1.83. The molecule has 0 bridgehead atoms. The number of benzene rings is 1. The molecule has 0 saturated carbocycles. The van der Waals surface area contributed by atoms with Gasteiger partial charge in [-0.3, -0.25) is 14.9 Å². The summed E-state index contributed by atoms with van der Waals surface area (Å²) in [6, 6.07) is 8.94. The molecule has 0 aliphatic rings. The SMILES string of the molecule is Cc1nnc(NC(=O)CCc2csc(NC(=O)c3ccccc3)n2)s1. The summed E-state index contributed by atoms with van der Waals surface area (Å²) < 4.78 is 0. The highest BCUT2D eigenvalue weighted by Gasteiger charge is 2.11. The van der Waals surface area contributed by atoms with Crippen molar-refractivity contribution in [1.82, 2.24) is 15.2 Å². The Morgan fingerprint density at radius 3 is 2.60 bits per heavy atom. The maximum absolute atomic E-state index is 12.1. The zero-order chi connectivity index (χ0) is 17.6. The molecule has 25 heavy (non-hydrogen) atoms. The van der Waals surface area contributed by atoms with Crippen molar-refractivity contribution >= 4 is 44.8 Å². The molecular formula is C16H15N5O2S2. The molecule has 1 aromatic carbocycles. The predicted molar refractivity (Wildman–Crippen MR) is 98.1 cm³/mol. The number of amides is 2. The minimum absolute atomic E-state index is 0.140. The molecule has 3 rings (SSSR count). The molecule has 0 aliphatic carbocycles. The number of carbonyl (C=O) groups excluding carboxylic acids is 2. The van der Waals surface area contributed by atoms with Crippen molar-refractivity contribution in [2.45, 2.75) is 19.8 Å². The maximum atomic E-state index is 12.1. The Morgan fingerprint density at radius 2 is 1.88 bits per heavy atom. The molecule has 0 aliphatic heterocycles. The van der Waals surface area contributed by atoms with Crippen LogP contribution in [0, 0.1) is 6.92 Å². The lowest BCUT2D eigenvalue weighted by Gasteiger charge is -2.01. The number of nitrogens with one attached hydrogen (secondary N) is 2. The van der Waals surface area contributed by atoms with Crippen LogP contribution in [0.4, 0.5) is 10.3 Å². The first-order valence-corrected chi connectivity index (χ1v) is 9.20. The van der Waals surface area contributed by atoms with Gasteiger partial charge >= 0.3 is 0 Å². The molecule has 3 aromatic rings. The minimum atomic E-state index is -0.203. The average molecular weight is 373 g/mol. The van der Waals surface area contributed by atoms with Gasteiger partial charge in [0.15, 0.2) is 5.13 Å². The molecule has 7 nitrogen and oxygen atoms in total. The number of aromatic nitrogens is 3. The van der Waals surface area contributed by atoms with E-state index in [9.17, 15) is 9.59 Å². The van der Waals surface area contributed by atoms with Gasteiger partial charge in [-0.25, -0.2) is 4.98 Å². The van der Waals surface area contributed by atoms with E-state index < -0.39 is 0 Å². The number of carbonyl (C=O) groups is 2. The highest BCUT2D eigenvalue weighted by molar-refractivity contribution is 7.15. The first kappa shape index (κ1) is 17.2. The van der Waals surface area contributed by atoms with Crippen LogP contribution in [0.1, 0.15) is 27.5 Å². The van der Waals surface area contributed by atoms with E-state index in [1.54, 1.807) is 24.3 Å². The normalized spacial score (nSPS) is 10.4.